The molecule has 3 aromatic rings. The van der Waals surface area contributed by atoms with Crippen molar-refractivity contribution in [1.82, 2.24) is 4.98 Å². The van der Waals surface area contributed by atoms with E-state index >= 15 is 0 Å². The Morgan fingerprint density at radius 3 is 2.76 bits per heavy atom. The van der Waals surface area contributed by atoms with E-state index in [2.05, 4.69) is 29.2 Å². The lowest BCUT2D eigenvalue weighted by molar-refractivity contribution is 0.723. The van der Waals surface area contributed by atoms with Crippen LogP contribution < -0.4 is 5.73 Å². The van der Waals surface area contributed by atoms with Gasteiger partial charge in [0.1, 0.15) is 0 Å². The van der Waals surface area contributed by atoms with Crippen molar-refractivity contribution >= 4 is 22.5 Å². The second kappa shape index (κ2) is 5.84. The summed E-state index contributed by atoms with van der Waals surface area (Å²) < 4.78 is 0. The molecule has 0 saturated carbocycles. The first-order valence-electron chi connectivity index (χ1n) is 6.99. The molecule has 3 rings (SSSR count). The lowest BCUT2D eigenvalue weighted by Gasteiger charge is -2.13. The van der Waals surface area contributed by atoms with Crippen LogP contribution in [0.5, 0.6) is 0 Å². The molecule has 2 N–H and O–H groups in total. The largest absolute Gasteiger partial charge is 0.324 e. The molecule has 0 bridgehead atoms. The Bertz CT molecular complexity index is 783. The van der Waals surface area contributed by atoms with Gasteiger partial charge in [0.25, 0.3) is 0 Å². The van der Waals surface area contributed by atoms with E-state index in [1.807, 2.05) is 37.3 Å². The van der Waals surface area contributed by atoms with Crippen LogP contribution in [0.25, 0.3) is 10.9 Å². The first-order valence-corrected chi connectivity index (χ1v) is 7.37. The van der Waals surface area contributed by atoms with Gasteiger partial charge in [-0.15, -0.1) is 0 Å². The van der Waals surface area contributed by atoms with Gasteiger partial charge in [0.05, 0.1) is 5.52 Å². The quantitative estimate of drug-likeness (QED) is 0.776. The molecule has 21 heavy (non-hydrogen) atoms. The summed E-state index contributed by atoms with van der Waals surface area (Å²) >= 11 is 6.02. The fraction of sp³-hybridized carbons (Fsp3) is 0.167. The van der Waals surface area contributed by atoms with Crippen LogP contribution in [-0.2, 0) is 6.42 Å². The minimum atomic E-state index is -0.0471. The predicted octanol–water partition coefficient (Wildman–Crippen LogP) is 4.44. The second-order valence-electron chi connectivity index (χ2n) is 5.35. The van der Waals surface area contributed by atoms with E-state index in [-0.39, 0.29) is 6.04 Å². The highest BCUT2D eigenvalue weighted by Crippen LogP contribution is 2.22. The number of aromatic nitrogens is 1. The summed E-state index contributed by atoms with van der Waals surface area (Å²) in [6.07, 6.45) is 0.769. The number of benzene rings is 2. The molecule has 0 amide bonds. The Balaban J connectivity index is 1.87. The summed E-state index contributed by atoms with van der Waals surface area (Å²) in [5.41, 5.74) is 10.6. The third kappa shape index (κ3) is 3.23. The molecule has 0 radical (unpaired) electrons. The third-order valence-electron chi connectivity index (χ3n) is 3.63. The molecule has 1 aromatic heterocycles. The van der Waals surface area contributed by atoms with Gasteiger partial charge in [0.15, 0.2) is 0 Å². The lowest BCUT2D eigenvalue weighted by Crippen LogP contribution is -2.13. The first kappa shape index (κ1) is 14.1. The van der Waals surface area contributed by atoms with E-state index in [1.165, 1.54) is 0 Å². The Morgan fingerprint density at radius 1 is 1.10 bits per heavy atom. The number of fused-ring (bicyclic) bond motifs is 1. The zero-order chi connectivity index (χ0) is 14.8. The van der Waals surface area contributed by atoms with Crippen LogP contribution >= 0.6 is 11.6 Å². The Hall–Kier alpha value is -1.90. The number of rotatable bonds is 3. The van der Waals surface area contributed by atoms with Crippen molar-refractivity contribution in [3.8, 4) is 0 Å². The maximum Gasteiger partial charge on any atom is 0.0705 e. The van der Waals surface area contributed by atoms with Crippen molar-refractivity contribution in [1.29, 1.82) is 0 Å². The van der Waals surface area contributed by atoms with Gasteiger partial charge >= 0.3 is 0 Å². The van der Waals surface area contributed by atoms with Crippen molar-refractivity contribution in [3.05, 3.63) is 76.4 Å². The molecule has 0 aliphatic heterocycles. The summed E-state index contributed by atoms with van der Waals surface area (Å²) in [6, 6.07) is 18.1. The van der Waals surface area contributed by atoms with Crippen LogP contribution in [0.15, 0.2) is 54.6 Å². The number of hydrogen-bond donors (Lipinski definition) is 1. The average Bonchev–Trinajstić information content (AvgIpc) is 2.46. The monoisotopic (exact) mass is 296 g/mol. The van der Waals surface area contributed by atoms with Crippen molar-refractivity contribution in [3.63, 3.8) is 0 Å². The number of hydrogen-bond acceptors (Lipinski definition) is 2. The summed E-state index contributed by atoms with van der Waals surface area (Å²) in [5.74, 6) is 0. The third-order valence-corrected chi connectivity index (χ3v) is 3.86. The number of halogens is 1. The molecule has 0 aliphatic rings. The van der Waals surface area contributed by atoms with Crippen LogP contribution in [0.2, 0.25) is 5.02 Å². The molecular weight excluding hydrogens is 280 g/mol. The van der Waals surface area contributed by atoms with E-state index < -0.39 is 0 Å². The molecule has 3 heteroatoms. The molecule has 0 saturated heterocycles. The minimum absolute atomic E-state index is 0.0471. The molecule has 0 aliphatic carbocycles. The molecule has 0 spiro atoms. The summed E-state index contributed by atoms with van der Waals surface area (Å²) in [4.78, 5) is 4.51. The van der Waals surface area contributed by atoms with Gasteiger partial charge in [-0.3, -0.25) is 4.98 Å². The summed E-state index contributed by atoms with van der Waals surface area (Å²) in [7, 11) is 0. The van der Waals surface area contributed by atoms with E-state index in [0.29, 0.717) is 0 Å². The van der Waals surface area contributed by atoms with Crippen molar-refractivity contribution in [2.24, 2.45) is 5.73 Å². The lowest BCUT2D eigenvalue weighted by atomic mass is 9.98. The van der Waals surface area contributed by atoms with Gasteiger partial charge in [-0.2, -0.15) is 0 Å². The Morgan fingerprint density at radius 2 is 1.95 bits per heavy atom. The van der Waals surface area contributed by atoms with Crippen molar-refractivity contribution < 1.29 is 0 Å². The predicted molar refractivity (Wildman–Crippen MR) is 88.6 cm³/mol. The van der Waals surface area contributed by atoms with E-state index in [4.69, 9.17) is 17.3 Å². The molecule has 1 atom stereocenters. The summed E-state index contributed by atoms with van der Waals surface area (Å²) in [6.45, 7) is 2.00. The first-order chi connectivity index (χ1) is 10.1. The van der Waals surface area contributed by atoms with E-state index in [9.17, 15) is 0 Å². The molecule has 106 valence electrons. The van der Waals surface area contributed by atoms with Crippen LogP contribution in [0.4, 0.5) is 0 Å². The fourth-order valence-corrected chi connectivity index (χ4v) is 2.73. The van der Waals surface area contributed by atoms with Gasteiger partial charge < -0.3 is 5.73 Å². The van der Waals surface area contributed by atoms with Gasteiger partial charge in [-0.05, 0) is 54.8 Å². The van der Waals surface area contributed by atoms with Crippen LogP contribution in [-0.4, -0.2) is 4.98 Å². The smallest absolute Gasteiger partial charge is 0.0705 e. The average molecular weight is 297 g/mol. The molecule has 1 heterocycles. The van der Waals surface area contributed by atoms with Crippen molar-refractivity contribution in [2.75, 3.05) is 0 Å². The van der Waals surface area contributed by atoms with Gasteiger partial charge in [-0.1, -0.05) is 35.9 Å². The zero-order valence-electron chi connectivity index (χ0n) is 11.9. The highest BCUT2D eigenvalue weighted by atomic mass is 35.5. The normalized spacial score (nSPS) is 12.5. The number of pyridine rings is 1. The summed E-state index contributed by atoms with van der Waals surface area (Å²) in [5, 5.41) is 1.87. The number of aryl methyl sites for hydroxylation is 1. The van der Waals surface area contributed by atoms with Crippen LogP contribution in [0.1, 0.15) is 22.9 Å². The Labute approximate surface area is 129 Å². The fourth-order valence-electron chi connectivity index (χ4n) is 2.51. The van der Waals surface area contributed by atoms with Crippen molar-refractivity contribution in [2.45, 2.75) is 19.4 Å². The topological polar surface area (TPSA) is 38.9 Å². The molecule has 2 nitrogen and oxygen atoms in total. The van der Waals surface area contributed by atoms with Crippen LogP contribution in [0.3, 0.4) is 0 Å². The SMILES string of the molecule is Cc1ccc2cc(C(N)Cc3cccc(Cl)c3)ccc2n1. The van der Waals surface area contributed by atoms with Crippen LogP contribution in [0, 0.1) is 6.92 Å². The van der Waals surface area contributed by atoms with E-state index in [0.717, 1.165) is 39.2 Å². The number of nitrogens with two attached hydrogens (primary N) is 1. The maximum absolute atomic E-state index is 6.33. The second-order valence-corrected chi connectivity index (χ2v) is 5.78. The zero-order valence-corrected chi connectivity index (χ0v) is 12.6. The van der Waals surface area contributed by atoms with E-state index in [1.54, 1.807) is 0 Å². The van der Waals surface area contributed by atoms with Gasteiger partial charge in [0.2, 0.25) is 0 Å². The van der Waals surface area contributed by atoms with Gasteiger partial charge in [-0.25, -0.2) is 0 Å². The minimum Gasteiger partial charge on any atom is -0.324 e. The highest BCUT2D eigenvalue weighted by molar-refractivity contribution is 6.30. The number of nitrogens with zero attached hydrogens (tertiary/aromatic N) is 1. The maximum atomic E-state index is 6.33. The standard InChI is InChI=1S/C18H17ClN2/c1-12-5-6-15-11-14(7-8-18(15)21-12)17(20)10-13-3-2-4-16(19)9-13/h2-9,11,17H,10,20H2,1H3. The molecular formula is C18H17ClN2. The van der Waals surface area contributed by atoms with Gasteiger partial charge in [0, 0.05) is 22.1 Å². The molecule has 2 aromatic carbocycles. The molecule has 1 unspecified atom stereocenters. The molecule has 0 fully saturated rings. The Kier molecular flexibility index (Phi) is 3.91. The highest BCUT2D eigenvalue weighted by Gasteiger charge is 2.08.